The molecule has 0 unspecified atom stereocenters. The van der Waals surface area contributed by atoms with Crippen molar-refractivity contribution >= 4 is 29.9 Å². The summed E-state index contributed by atoms with van der Waals surface area (Å²) in [5, 5.41) is 2.99. The topological polar surface area (TPSA) is 73.6 Å². The Labute approximate surface area is 257 Å². The second-order valence-electron chi connectivity index (χ2n) is 9.97. The van der Waals surface area contributed by atoms with E-state index in [1.807, 2.05) is 6.92 Å². The van der Waals surface area contributed by atoms with Crippen molar-refractivity contribution in [1.82, 2.24) is 5.32 Å². The molecule has 5 nitrogen and oxygen atoms in total. The van der Waals surface area contributed by atoms with Gasteiger partial charge in [0.2, 0.25) is 5.91 Å². The largest absolute Gasteiger partial charge is 0.493 e. The number of aryl methyl sites for hydroxylation is 2. The number of fused-ring (bicyclic) bond motifs is 6. The van der Waals surface area contributed by atoms with Crippen LogP contribution in [0.2, 0.25) is 0 Å². The Hall–Kier alpha value is -0.696. The van der Waals surface area contributed by atoms with Gasteiger partial charge >= 0.3 is 0 Å². The number of amides is 1. The van der Waals surface area contributed by atoms with E-state index in [4.69, 9.17) is 15.2 Å². The number of rotatable bonds is 6. The van der Waals surface area contributed by atoms with Gasteiger partial charge in [0.25, 0.3) is 0 Å². The molecule has 3 N–H and O–H groups in total. The summed E-state index contributed by atoms with van der Waals surface area (Å²) in [7, 11) is 0. The molecule has 7 heteroatoms. The van der Waals surface area contributed by atoms with Gasteiger partial charge in [-0.1, -0.05) is 19.1 Å². The zero-order valence-corrected chi connectivity index (χ0v) is 26.6. The monoisotopic (exact) mass is 679 g/mol. The predicted molar refractivity (Wildman–Crippen MR) is 150 cm³/mol. The molecule has 6 rings (SSSR count). The van der Waals surface area contributed by atoms with Crippen molar-refractivity contribution < 1.29 is 47.0 Å². The van der Waals surface area contributed by atoms with Crippen molar-refractivity contribution in [2.24, 2.45) is 5.73 Å². The van der Waals surface area contributed by atoms with E-state index in [9.17, 15) is 4.79 Å². The first-order valence-corrected chi connectivity index (χ1v) is 13.2. The second-order valence-corrected chi connectivity index (χ2v) is 9.97. The number of nitrogens with one attached hydrogen (secondary N) is 1. The van der Waals surface area contributed by atoms with Gasteiger partial charge in [0.15, 0.2) is 0 Å². The van der Waals surface area contributed by atoms with Crippen LogP contribution in [0.3, 0.4) is 0 Å². The summed E-state index contributed by atoms with van der Waals surface area (Å²) < 4.78 is 11.3. The van der Waals surface area contributed by atoms with Gasteiger partial charge in [-0.2, -0.15) is 0 Å². The zero-order valence-electron chi connectivity index (χ0n) is 21.4. The Morgan fingerprint density at radius 2 is 1.42 bits per heavy atom. The summed E-state index contributed by atoms with van der Waals surface area (Å²) in [6.07, 6.45) is 9.80. The van der Waals surface area contributed by atoms with Crippen molar-refractivity contribution in [2.45, 2.75) is 76.5 Å². The summed E-state index contributed by atoms with van der Waals surface area (Å²) in [6.45, 7) is 5.17. The molecule has 1 amide bonds. The quantitative estimate of drug-likeness (QED) is 0.413. The molecule has 2 aliphatic heterocycles. The van der Waals surface area contributed by atoms with E-state index in [-0.39, 0.29) is 62.6 Å². The van der Waals surface area contributed by atoms with Gasteiger partial charge < -0.3 is 20.5 Å². The molecule has 2 aromatic carbocycles. The molecule has 0 spiro atoms. The second kappa shape index (κ2) is 13.9. The normalized spacial score (nSPS) is 19.7. The average molecular weight is 679 g/mol. The number of ether oxygens (including phenoxy) is 2. The van der Waals surface area contributed by atoms with Gasteiger partial charge in [-0.05, 0) is 91.3 Å². The molecular formula is C29H39IN2O3Y. The Kier molecular flexibility index (Phi) is 11.5. The van der Waals surface area contributed by atoms with Crippen LogP contribution < -0.4 is 20.5 Å². The van der Waals surface area contributed by atoms with E-state index in [1.54, 1.807) is 5.56 Å². The Balaban J connectivity index is 0.000000194. The van der Waals surface area contributed by atoms with Crippen molar-refractivity contribution in [3.8, 4) is 11.5 Å². The molecule has 36 heavy (non-hydrogen) atoms. The van der Waals surface area contributed by atoms with Gasteiger partial charge in [0, 0.05) is 69.6 Å². The van der Waals surface area contributed by atoms with Crippen LogP contribution in [0.25, 0.3) is 0 Å². The molecule has 0 saturated carbocycles. The van der Waals surface area contributed by atoms with Crippen molar-refractivity contribution in [1.29, 1.82) is 0 Å². The molecular weight excluding hydrogens is 640 g/mol. The van der Waals surface area contributed by atoms with Gasteiger partial charge in [0.1, 0.15) is 11.5 Å². The minimum atomic E-state index is 0. The zero-order chi connectivity index (χ0) is 23.5. The maximum Gasteiger partial charge on any atom is 0.219 e. The summed E-state index contributed by atoms with van der Waals surface area (Å²) in [5.74, 6) is 3.66. The van der Waals surface area contributed by atoms with E-state index in [2.05, 4.69) is 29.6 Å². The Bertz CT molecular complexity index is 1060. The van der Waals surface area contributed by atoms with E-state index in [0.717, 1.165) is 63.5 Å². The number of halogens is 1. The van der Waals surface area contributed by atoms with Gasteiger partial charge in [-0.15, -0.1) is 24.0 Å². The van der Waals surface area contributed by atoms with E-state index in [1.165, 1.54) is 53.5 Å². The van der Waals surface area contributed by atoms with Crippen LogP contribution in [0, 0.1) is 0 Å². The van der Waals surface area contributed by atoms with Crippen molar-refractivity contribution in [3.63, 3.8) is 0 Å². The number of nitrogens with two attached hydrogens (primary N) is 1. The first kappa shape index (κ1) is 29.9. The Morgan fingerprint density at radius 3 is 1.92 bits per heavy atom. The molecule has 2 aromatic rings. The van der Waals surface area contributed by atoms with Crippen molar-refractivity contribution in [3.05, 3.63) is 57.6 Å². The van der Waals surface area contributed by atoms with Crippen LogP contribution in [-0.4, -0.2) is 32.2 Å². The summed E-state index contributed by atoms with van der Waals surface area (Å²) in [6, 6.07) is 8.74. The molecule has 1 radical (unpaired) electrons. The first-order valence-electron chi connectivity index (χ1n) is 13.2. The molecule has 2 aliphatic carbocycles. The minimum absolute atomic E-state index is 0. The molecule has 0 fully saturated rings. The van der Waals surface area contributed by atoms with Gasteiger partial charge in [-0.25, -0.2) is 0 Å². The molecule has 0 aromatic heterocycles. The number of hydrogen-bond donors (Lipinski definition) is 2. The third-order valence-corrected chi connectivity index (χ3v) is 8.02. The fourth-order valence-electron chi connectivity index (χ4n) is 6.39. The van der Waals surface area contributed by atoms with E-state index >= 15 is 0 Å². The maximum absolute atomic E-state index is 11.3. The van der Waals surface area contributed by atoms with E-state index < -0.39 is 0 Å². The van der Waals surface area contributed by atoms with E-state index in [0.29, 0.717) is 18.3 Å². The smallest absolute Gasteiger partial charge is 0.219 e. The summed E-state index contributed by atoms with van der Waals surface area (Å²) in [5.41, 5.74) is 14.7. The van der Waals surface area contributed by atoms with Crippen molar-refractivity contribution in [2.75, 3.05) is 26.3 Å². The third-order valence-electron chi connectivity index (χ3n) is 8.02. The standard InChI is InChI=1S/C16H21NO2.C13H17NO.HI.Y/c1-2-15(18)17-9-7-12-4-3-11-5-6-14-13(16(11)12)8-10-19-14;14-7-5-10-2-1-9-3-4-12-11(13(9)10)6-8-15-12;;/h5-6,12H,2-4,7-10H2,1H3,(H,17,18);3-4,10H,1-2,5-8,14H2;1H;/t12-;10-;;/m00../s1. The number of carbonyl (C=O) groups excluding carboxylic acids is 1. The maximum atomic E-state index is 11.3. The molecule has 0 saturated heterocycles. The Morgan fingerprint density at radius 1 is 0.889 bits per heavy atom. The SMILES string of the molecule is CCC(=O)NCC[C@@H]1CCc2ccc3c(c21)CCO3.I.NCC[C@@H]1CCc2ccc3c(c21)CCO3.[Y]. The predicted octanol–water partition coefficient (Wildman–Crippen LogP) is 5.18. The van der Waals surface area contributed by atoms with Gasteiger partial charge in [-0.3, -0.25) is 4.79 Å². The van der Waals surface area contributed by atoms with Gasteiger partial charge in [0.05, 0.1) is 13.2 Å². The molecule has 2 heterocycles. The average Bonchev–Trinajstić information content (AvgIpc) is 3.64. The van der Waals surface area contributed by atoms with Crippen LogP contribution in [0.4, 0.5) is 0 Å². The number of benzene rings is 2. The van der Waals surface area contributed by atoms with Crippen LogP contribution in [-0.2, 0) is 63.2 Å². The molecule has 4 aliphatic rings. The van der Waals surface area contributed by atoms with Crippen LogP contribution in [0.5, 0.6) is 11.5 Å². The summed E-state index contributed by atoms with van der Waals surface area (Å²) in [4.78, 5) is 11.3. The fourth-order valence-corrected chi connectivity index (χ4v) is 6.39. The number of carbonyl (C=O) groups is 1. The van der Waals surface area contributed by atoms with Crippen LogP contribution >= 0.6 is 24.0 Å². The fraction of sp³-hybridized carbons (Fsp3) is 0.552. The molecule has 0 bridgehead atoms. The summed E-state index contributed by atoms with van der Waals surface area (Å²) >= 11 is 0. The number of hydrogen-bond acceptors (Lipinski definition) is 4. The minimum Gasteiger partial charge on any atom is -0.493 e. The third kappa shape index (κ3) is 6.29. The molecule has 2 atom stereocenters. The van der Waals surface area contributed by atoms with Crippen LogP contribution in [0.1, 0.15) is 84.2 Å². The molecule has 193 valence electrons. The first-order chi connectivity index (χ1) is 16.7. The van der Waals surface area contributed by atoms with Crippen LogP contribution in [0.15, 0.2) is 24.3 Å².